The Kier molecular flexibility index (Phi) is 4.62. The Bertz CT molecular complexity index is 337. The van der Waals surface area contributed by atoms with Gasteiger partial charge in [0.25, 0.3) is 0 Å². The van der Waals surface area contributed by atoms with E-state index in [2.05, 4.69) is 31.9 Å². The van der Waals surface area contributed by atoms with Crippen LogP contribution in [0.2, 0.25) is 0 Å². The first kappa shape index (κ1) is 11.7. The number of carbonyl (C=O) groups excluding carboxylic acids is 1. The lowest BCUT2D eigenvalue weighted by Crippen LogP contribution is -2.04. The standard InChI is InChI=1S/C10H10Br2O2/c1-14-10-3-2-8(12)4-7(10)5-9(13)6-11/h2-4H,5-6H2,1H3. The van der Waals surface area contributed by atoms with Crippen molar-refractivity contribution in [3.05, 3.63) is 28.2 Å². The van der Waals surface area contributed by atoms with Crippen LogP contribution >= 0.6 is 31.9 Å². The third-order valence-corrected chi connectivity index (χ3v) is 2.90. The SMILES string of the molecule is COc1ccc(Br)cc1CC(=O)CBr. The number of Topliss-reactive ketones (excluding diaryl/α,β-unsaturated/α-hetero) is 1. The quantitative estimate of drug-likeness (QED) is 0.797. The van der Waals surface area contributed by atoms with Crippen molar-refractivity contribution in [2.45, 2.75) is 6.42 Å². The number of hydrogen-bond donors (Lipinski definition) is 0. The number of benzene rings is 1. The minimum absolute atomic E-state index is 0.140. The van der Waals surface area contributed by atoms with E-state index >= 15 is 0 Å². The average Bonchev–Trinajstić information content (AvgIpc) is 2.18. The van der Waals surface area contributed by atoms with Crippen LogP contribution in [0.5, 0.6) is 5.75 Å². The molecule has 0 saturated heterocycles. The van der Waals surface area contributed by atoms with E-state index in [1.165, 1.54) is 0 Å². The Labute approximate surface area is 99.9 Å². The molecule has 0 unspecified atom stereocenters. The van der Waals surface area contributed by atoms with Crippen molar-refractivity contribution >= 4 is 37.6 Å². The number of alkyl halides is 1. The van der Waals surface area contributed by atoms with E-state index in [-0.39, 0.29) is 5.78 Å². The van der Waals surface area contributed by atoms with Gasteiger partial charge >= 0.3 is 0 Å². The van der Waals surface area contributed by atoms with Crippen molar-refractivity contribution < 1.29 is 9.53 Å². The number of ether oxygens (including phenoxy) is 1. The van der Waals surface area contributed by atoms with Crippen LogP contribution in [0.1, 0.15) is 5.56 Å². The molecule has 0 amide bonds. The summed E-state index contributed by atoms with van der Waals surface area (Å²) in [5, 5.41) is 0.378. The first-order chi connectivity index (χ1) is 6.67. The van der Waals surface area contributed by atoms with Gasteiger partial charge in [-0.1, -0.05) is 31.9 Å². The maximum atomic E-state index is 11.2. The highest BCUT2D eigenvalue weighted by Crippen LogP contribution is 2.23. The summed E-state index contributed by atoms with van der Waals surface area (Å²) in [6.07, 6.45) is 0.397. The highest BCUT2D eigenvalue weighted by molar-refractivity contribution is 9.10. The summed E-state index contributed by atoms with van der Waals surface area (Å²) < 4.78 is 6.11. The van der Waals surface area contributed by atoms with Crippen molar-refractivity contribution in [1.29, 1.82) is 0 Å². The second-order valence-corrected chi connectivity index (χ2v) is 4.28. The van der Waals surface area contributed by atoms with E-state index in [0.717, 1.165) is 15.8 Å². The smallest absolute Gasteiger partial charge is 0.147 e. The molecule has 1 rings (SSSR count). The lowest BCUT2D eigenvalue weighted by molar-refractivity contribution is -0.115. The molecule has 0 aliphatic heterocycles. The molecule has 0 bridgehead atoms. The third-order valence-electron chi connectivity index (χ3n) is 1.78. The maximum Gasteiger partial charge on any atom is 0.147 e. The molecule has 1 aromatic carbocycles. The molecule has 76 valence electrons. The highest BCUT2D eigenvalue weighted by Gasteiger charge is 2.07. The number of halogens is 2. The first-order valence-corrected chi connectivity index (χ1v) is 5.99. The molecule has 2 nitrogen and oxygen atoms in total. The Morgan fingerprint density at radius 3 is 2.79 bits per heavy atom. The van der Waals surface area contributed by atoms with Crippen LogP contribution in [0.15, 0.2) is 22.7 Å². The lowest BCUT2D eigenvalue weighted by Gasteiger charge is -2.07. The van der Waals surface area contributed by atoms with Gasteiger partial charge in [0, 0.05) is 16.5 Å². The molecule has 0 saturated carbocycles. The van der Waals surface area contributed by atoms with Crippen molar-refractivity contribution in [2.24, 2.45) is 0 Å². The van der Waals surface area contributed by atoms with Crippen molar-refractivity contribution in [3.63, 3.8) is 0 Å². The van der Waals surface area contributed by atoms with Crippen LogP contribution in [0.4, 0.5) is 0 Å². The van der Waals surface area contributed by atoms with Gasteiger partial charge in [0.15, 0.2) is 0 Å². The normalized spacial score (nSPS) is 9.93. The van der Waals surface area contributed by atoms with Gasteiger partial charge in [0.1, 0.15) is 11.5 Å². The summed E-state index contributed by atoms with van der Waals surface area (Å²) in [5.41, 5.74) is 0.909. The second kappa shape index (κ2) is 5.51. The molecule has 0 spiro atoms. The van der Waals surface area contributed by atoms with E-state index in [0.29, 0.717) is 11.8 Å². The summed E-state index contributed by atoms with van der Waals surface area (Å²) in [5.74, 6) is 0.893. The summed E-state index contributed by atoms with van der Waals surface area (Å²) in [4.78, 5) is 11.2. The van der Waals surface area contributed by atoms with Gasteiger partial charge in [-0.05, 0) is 18.2 Å². The van der Waals surface area contributed by atoms with Gasteiger partial charge in [-0.15, -0.1) is 0 Å². The van der Waals surface area contributed by atoms with Crippen LogP contribution in [0.25, 0.3) is 0 Å². The van der Waals surface area contributed by atoms with Crippen molar-refractivity contribution in [2.75, 3.05) is 12.4 Å². The number of ketones is 1. The lowest BCUT2D eigenvalue weighted by atomic mass is 10.1. The molecule has 0 fully saturated rings. The molecular weight excluding hydrogens is 312 g/mol. The predicted octanol–water partition coefficient (Wildman–Crippen LogP) is 2.96. The van der Waals surface area contributed by atoms with Crippen LogP contribution < -0.4 is 4.74 Å². The largest absolute Gasteiger partial charge is 0.496 e. The third kappa shape index (κ3) is 3.10. The zero-order valence-corrected chi connectivity index (χ0v) is 10.9. The molecule has 0 atom stereocenters. The molecule has 0 aliphatic carbocycles. The van der Waals surface area contributed by atoms with Gasteiger partial charge in [-0.3, -0.25) is 4.79 Å². The molecule has 0 aromatic heterocycles. The van der Waals surface area contributed by atoms with Crippen LogP contribution in [-0.4, -0.2) is 18.2 Å². The zero-order chi connectivity index (χ0) is 10.6. The monoisotopic (exact) mass is 320 g/mol. The average molecular weight is 322 g/mol. The number of hydrogen-bond acceptors (Lipinski definition) is 2. The zero-order valence-electron chi connectivity index (χ0n) is 7.72. The van der Waals surface area contributed by atoms with Gasteiger partial charge < -0.3 is 4.74 Å². The maximum absolute atomic E-state index is 11.2. The van der Waals surface area contributed by atoms with Gasteiger partial charge in [-0.25, -0.2) is 0 Å². The molecule has 4 heteroatoms. The first-order valence-electron chi connectivity index (χ1n) is 4.07. The highest BCUT2D eigenvalue weighted by atomic mass is 79.9. The number of carbonyl (C=O) groups is 1. The predicted molar refractivity (Wildman–Crippen MR) is 63.2 cm³/mol. The van der Waals surface area contributed by atoms with Crippen molar-refractivity contribution in [3.8, 4) is 5.75 Å². The Hall–Kier alpha value is -0.350. The summed E-state index contributed by atoms with van der Waals surface area (Å²) in [7, 11) is 1.60. The van der Waals surface area contributed by atoms with E-state index in [4.69, 9.17) is 4.74 Å². The Balaban J connectivity index is 2.93. The molecule has 0 N–H and O–H groups in total. The van der Waals surface area contributed by atoms with Gasteiger partial charge in [0.2, 0.25) is 0 Å². The fourth-order valence-corrected chi connectivity index (χ4v) is 1.75. The molecule has 0 radical (unpaired) electrons. The second-order valence-electron chi connectivity index (χ2n) is 2.81. The molecule has 14 heavy (non-hydrogen) atoms. The summed E-state index contributed by atoms with van der Waals surface area (Å²) >= 11 is 6.49. The minimum Gasteiger partial charge on any atom is -0.496 e. The van der Waals surface area contributed by atoms with Gasteiger partial charge in [0.05, 0.1) is 12.4 Å². The summed E-state index contributed by atoms with van der Waals surface area (Å²) in [6.45, 7) is 0. The molecule has 1 aromatic rings. The van der Waals surface area contributed by atoms with E-state index < -0.39 is 0 Å². The van der Waals surface area contributed by atoms with Crippen LogP contribution in [-0.2, 0) is 11.2 Å². The van der Waals surface area contributed by atoms with E-state index in [1.54, 1.807) is 7.11 Å². The molecule has 0 aliphatic rings. The van der Waals surface area contributed by atoms with Gasteiger partial charge in [-0.2, -0.15) is 0 Å². The van der Waals surface area contributed by atoms with Crippen LogP contribution in [0, 0.1) is 0 Å². The topological polar surface area (TPSA) is 26.3 Å². The summed E-state index contributed by atoms with van der Waals surface area (Å²) in [6, 6.07) is 5.64. The molecular formula is C10H10Br2O2. The van der Waals surface area contributed by atoms with E-state index in [9.17, 15) is 4.79 Å². The molecule has 0 heterocycles. The number of methoxy groups -OCH3 is 1. The fourth-order valence-electron chi connectivity index (χ4n) is 1.14. The fraction of sp³-hybridized carbons (Fsp3) is 0.300. The van der Waals surface area contributed by atoms with Crippen molar-refractivity contribution in [1.82, 2.24) is 0 Å². The van der Waals surface area contributed by atoms with E-state index in [1.807, 2.05) is 18.2 Å². The minimum atomic E-state index is 0.140. The Morgan fingerprint density at radius 1 is 1.50 bits per heavy atom. The number of rotatable bonds is 4. The van der Waals surface area contributed by atoms with Crippen LogP contribution in [0.3, 0.4) is 0 Å². The Morgan fingerprint density at radius 2 is 2.21 bits per heavy atom.